The lowest BCUT2D eigenvalue weighted by molar-refractivity contribution is 0.0940. The zero-order chi connectivity index (χ0) is 17.0. The van der Waals surface area contributed by atoms with Gasteiger partial charge in [0.25, 0.3) is 5.91 Å². The molecule has 2 rings (SSSR count). The minimum Gasteiger partial charge on any atom is -0.497 e. The number of rotatable bonds is 6. The minimum atomic E-state index is -0.239. The Kier molecular flexibility index (Phi) is 5.44. The molecule has 0 radical (unpaired) electrons. The lowest BCUT2D eigenvalue weighted by Gasteiger charge is -2.18. The number of benzene rings is 1. The first-order chi connectivity index (χ1) is 11.0. The van der Waals surface area contributed by atoms with E-state index in [0.717, 1.165) is 10.6 Å². The number of carbonyl (C=O) groups is 1. The highest BCUT2D eigenvalue weighted by molar-refractivity contribution is 7.10. The van der Waals surface area contributed by atoms with E-state index < -0.39 is 0 Å². The molecular weight excluding hydrogens is 314 g/mol. The van der Waals surface area contributed by atoms with Gasteiger partial charge < -0.3 is 20.1 Å². The Balaban J connectivity index is 2.26. The summed E-state index contributed by atoms with van der Waals surface area (Å²) in [4.78, 5) is 12.6. The van der Waals surface area contributed by atoms with Crippen LogP contribution < -0.4 is 20.1 Å². The normalized spacial score (nSPS) is 11.7. The summed E-state index contributed by atoms with van der Waals surface area (Å²) in [6.45, 7) is 3.73. The van der Waals surface area contributed by atoms with E-state index in [2.05, 4.69) is 15.0 Å². The van der Waals surface area contributed by atoms with Crippen molar-refractivity contribution in [3.8, 4) is 11.5 Å². The van der Waals surface area contributed by atoms with Gasteiger partial charge in [0.05, 0.1) is 31.5 Å². The van der Waals surface area contributed by atoms with E-state index in [1.165, 1.54) is 11.5 Å². The smallest absolute Gasteiger partial charge is 0.256 e. The van der Waals surface area contributed by atoms with Crippen LogP contribution in [0.25, 0.3) is 0 Å². The molecule has 1 aromatic heterocycles. The third-order valence-corrected chi connectivity index (χ3v) is 4.52. The molecule has 6 nitrogen and oxygen atoms in total. The minimum absolute atomic E-state index is 0.169. The Morgan fingerprint density at radius 1 is 1.30 bits per heavy atom. The molecule has 1 atom stereocenters. The summed E-state index contributed by atoms with van der Waals surface area (Å²) >= 11 is 1.27. The van der Waals surface area contributed by atoms with Crippen LogP contribution in [0.2, 0.25) is 0 Å². The van der Waals surface area contributed by atoms with E-state index in [0.29, 0.717) is 22.8 Å². The van der Waals surface area contributed by atoms with E-state index in [9.17, 15) is 4.79 Å². The molecule has 1 aromatic carbocycles. The molecule has 0 unspecified atom stereocenters. The second-order valence-electron chi connectivity index (χ2n) is 5.03. The van der Waals surface area contributed by atoms with E-state index in [-0.39, 0.29) is 11.9 Å². The first-order valence-electron chi connectivity index (χ1n) is 7.18. The topological polar surface area (TPSA) is 72.5 Å². The number of anilines is 1. The van der Waals surface area contributed by atoms with Crippen LogP contribution in [-0.2, 0) is 0 Å². The van der Waals surface area contributed by atoms with Gasteiger partial charge in [-0.05, 0) is 43.6 Å². The predicted molar refractivity (Wildman–Crippen MR) is 91.8 cm³/mol. The zero-order valence-corrected chi connectivity index (χ0v) is 14.7. The Hall–Kier alpha value is -2.28. The molecule has 2 N–H and O–H groups in total. The van der Waals surface area contributed by atoms with Gasteiger partial charge in [-0.2, -0.15) is 4.37 Å². The average molecular weight is 335 g/mol. The Bertz CT molecular complexity index is 700. The fourth-order valence-corrected chi connectivity index (χ4v) is 3.07. The monoisotopic (exact) mass is 335 g/mol. The van der Waals surface area contributed by atoms with Crippen molar-refractivity contribution in [2.45, 2.75) is 19.9 Å². The van der Waals surface area contributed by atoms with Crippen LogP contribution in [-0.4, -0.2) is 31.5 Å². The number of carbonyl (C=O) groups excluding carboxylic acids is 1. The molecule has 124 valence electrons. The van der Waals surface area contributed by atoms with Gasteiger partial charge in [-0.3, -0.25) is 4.79 Å². The second-order valence-corrected chi connectivity index (χ2v) is 5.80. The van der Waals surface area contributed by atoms with Crippen molar-refractivity contribution < 1.29 is 14.3 Å². The van der Waals surface area contributed by atoms with Crippen LogP contribution in [0.15, 0.2) is 18.2 Å². The molecule has 0 aliphatic rings. The second kappa shape index (κ2) is 7.32. The maximum Gasteiger partial charge on any atom is 0.256 e. The number of aryl methyl sites for hydroxylation is 1. The van der Waals surface area contributed by atoms with Crippen molar-refractivity contribution in [1.82, 2.24) is 9.69 Å². The summed E-state index contributed by atoms with van der Waals surface area (Å²) in [6, 6.07) is 5.27. The van der Waals surface area contributed by atoms with Gasteiger partial charge in [-0.25, -0.2) is 0 Å². The molecule has 1 heterocycles. The predicted octanol–water partition coefficient (Wildman–Crippen LogP) is 3.00. The van der Waals surface area contributed by atoms with Gasteiger partial charge in [0.2, 0.25) is 0 Å². The SMILES string of the molecule is CNc1snc(C)c1C(=O)N[C@H](C)c1cc(OC)ccc1OC. The number of ether oxygens (including phenoxy) is 2. The zero-order valence-electron chi connectivity index (χ0n) is 13.9. The lowest BCUT2D eigenvalue weighted by Crippen LogP contribution is -2.27. The molecule has 0 saturated carbocycles. The molecule has 0 aliphatic heterocycles. The van der Waals surface area contributed by atoms with Crippen LogP contribution in [0.5, 0.6) is 11.5 Å². The Labute approximate surface area is 140 Å². The fourth-order valence-electron chi connectivity index (χ4n) is 2.33. The molecule has 1 amide bonds. The fraction of sp³-hybridized carbons (Fsp3) is 0.375. The van der Waals surface area contributed by atoms with Gasteiger partial charge in [0.1, 0.15) is 16.5 Å². The maximum absolute atomic E-state index is 12.6. The molecule has 0 spiro atoms. The number of nitrogens with one attached hydrogen (secondary N) is 2. The van der Waals surface area contributed by atoms with E-state index >= 15 is 0 Å². The van der Waals surface area contributed by atoms with Crippen LogP contribution in [0.4, 0.5) is 5.00 Å². The average Bonchev–Trinajstić information content (AvgIpc) is 2.94. The maximum atomic E-state index is 12.6. The summed E-state index contributed by atoms with van der Waals surface area (Å²) in [5, 5.41) is 6.75. The number of hydrogen-bond acceptors (Lipinski definition) is 6. The number of aromatic nitrogens is 1. The summed E-state index contributed by atoms with van der Waals surface area (Å²) < 4.78 is 14.9. The number of nitrogens with zero attached hydrogens (tertiary/aromatic N) is 1. The first kappa shape index (κ1) is 17.1. The highest BCUT2D eigenvalue weighted by atomic mass is 32.1. The lowest BCUT2D eigenvalue weighted by atomic mass is 10.1. The summed E-state index contributed by atoms with van der Waals surface area (Å²) in [5.41, 5.74) is 2.14. The van der Waals surface area contributed by atoms with E-state index in [4.69, 9.17) is 9.47 Å². The number of amides is 1. The van der Waals surface area contributed by atoms with Gasteiger partial charge >= 0.3 is 0 Å². The Morgan fingerprint density at radius 3 is 2.65 bits per heavy atom. The molecule has 0 aliphatic carbocycles. The van der Waals surface area contributed by atoms with E-state index in [1.807, 2.05) is 32.0 Å². The summed E-state index contributed by atoms with van der Waals surface area (Å²) in [6.07, 6.45) is 0. The van der Waals surface area contributed by atoms with Crippen LogP contribution >= 0.6 is 11.5 Å². The number of hydrogen-bond donors (Lipinski definition) is 2. The van der Waals surface area contributed by atoms with Crippen molar-refractivity contribution in [2.24, 2.45) is 0 Å². The van der Waals surface area contributed by atoms with Crippen molar-refractivity contribution in [2.75, 3.05) is 26.6 Å². The third-order valence-electron chi connectivity index (χ3n) is 3.57. The molecule has 2 aromatic rings. The van der Waals surface area contributed by atoms with Crippen LogP contribution in [0.3, 0.4) is 0 Å². The highest BCUT2D eigenvalue weighted by Gasteiger charge is 2.21. The highest BCUT2D eigenvalue weighted by Crippen LogP contribution is 2.30. The van der Waals surface area contributed by atoms with Gasteiger partial charge in [-0.1, -0.05) is 0 Å². The van der Waals surface area contributed by atoms with Crippen molar-refractivity contribution in [1.29, 1.82) is 0 Å². The van der Waals surface area contributed by atoms with E-state index in [1.54, 1.807) is 21.3 Å². The molecule has 0 saturated heterocycles. The van der Waals surface area contributed by atoms with Gasteiger partial charge in [0, 0.05) is 12.6 Å². The quantitative estimate of drug-likeness (QED) is 0.849. The summed E-state index contributed by atoms with van der Waals surface area (Å²) in [5.74, 6) is 1.25. The summed E-state index contributed by atoms with van der Waals surface area (Å²) in [7, 11) is 4.98. The molecule has 23 heavy (non-hydrogen) atoms. The van der Waals surface area contributed by atoms with Crippen molar-refractivity contribution in [3.05, 3.63) is 35.0 Å². The van der Waals surface area contributed by atoms with Crippen LogP contribution in [0.1, 0.15) is 34.6 Å². The first-order valence-corrected chi connectivity index (χ1v) is 7.96. The largest absolute Gasteiger partial charge is 0.497 e. The third kappa shape index (κ3) is 3.56. The number of methoxy groups -OCH3 is 2. The van der Waals surface area contributed by atoms with Crippen LogP contribution in [0, 0.1) is 6.92 Å². The molecule has 0 fully saturated rings. The molecular formula is C16H21N3O3S. The van der Waals surface area contributed by atoms with Crippen molar-refractivity contribution in [3.63, 3.8) is 0 Å². The molecule has 7 heteroatoms. The standard InChI is InChI=1S/C16H21N3O3S/c1-9(12-8-11(21-4)6-7-13(12)22-5)18-15(20)14-10(2)19-23-16(14)17-3/h6-9,17H,1-5H3,(H,18,20)/t9-/m1/s1. The van der Waals surface area contributed by atoms with Crippen molar-refractivity contribution >= 4 is 22.4 Å². The Morgan fingerprint density at radius 2 is 2.04 bits per heavy atom. The van der Waals surface area contributed by atoms with Gasteiger partial charge in [0.15, 0.2) is 0 Å². The van der Waals surface area contributed by atoms with Gasteiger partial charge in [-0.15, -0.1) is 0 Å². The molecule has 0 bridgehead atoms.